The van der Waals surface area contributed by atoms with E-state index in [-0.39, 0.29) is 5.78 Å². The Morgan fingerprint density at radius 2 is 2.33 bits per heavy atom. The van der Waals surface area contributed by atoms with Crippen LogP contribution in [0.4, 0.5) is 0 Å². The Kier molecular flexibility index (Phi) is 4.22. The van der Waals surface area contributed by atoms with Gasteiger partial charge in [-0.05, 0) is 5.41 Å². The minimum atomic E-state index is 0.151. The summed E-state index contributed by atoms with van der Waals surface area (Å²) in [7, 11) is 0. The van der Waals surface area contributed by atoms with Crippen molar-refractivity contribution in [1.29, 1.82) is 0 Å². The molecule has 0 bridgehead atoms. The minimum absolute atomic E-state index is 0.151. The summed E-state index contributed by atoms with van der Waals surface area (Å²) in [6.45, 7) is 1.81. The molecule has 3 heteroatoms. The van der Waals surface area contributed by atoms with E-state index in [4.69, 9.17) is 5.73 Å². The molecule has 0 saturated heterocycles. The molecular formula is C6H11NOS. The van der Waals surface area contributed by atoms with Crippen molar-refractivity contribution in [3.05, 3.63) is 11.1 Å². The van der Waals surface area contributed by atoms with Crippen molar-refractivity contribution in [2.45, 2.75) is 19.8 Å². The van der Waals surface area contributed by atoms with Crippen LogP contribution in [0.15, 0.2) is 11.1 Å². The monoisotopic (exact) mass is 145 g/mol. The Morgan fingerprint density at radius 1 is 1.78 bits per heavy atom. The lowest BCUT2D eigenvalue weighted by atomic mass is 10.2. The second-order valence-electron chi connectivity index (χ2n) is 1.77. The van der Waals surface area contributed by atoms with Gasteiger partial charge in [0.15, 0.2) is 0 Å². The van der Waals surface area contributed by atoms with Crippen LogP contribution in [-0.2, 0) is 4.79 Å². The number of rotatable bonds is 3. The number of carbonyl (C=O) groups excluding carboxylic acids is 1. The molecule has 0 aliphatic carbocycles. The zero-order valence-electron chi connectivity index (χ0n) is 5.42. The number of ketones is 1. The molecule has 0 saturated carbocycles. The van der Waals surface area contributed by atoms with E-state index in [0.29, 0.717) is 18.5 Å². The average molecular weight is 145 g/mol. The van der Waals surface area contributed by atoms with E-state index in [1.807, 2.05) is 6.92 Å². The van der Waals surface area contributed by atoms with E-state index < -0.39 is 0 Å². The third kappa shape index (κ3) is 4.09. The van der Waals surface area contributed by atoms with Gasteiger partial charge in [-0.3, -0.25) is 4.79 Å². The smallest absolute Gasteiger partial charge is 0.138 e. The van der Waals surface area contributed by atoms with Crippen LogP contribution in [0.2, 0.25) is 0 Å². The van der Waals surface area contributed by atoms with E-state index in [0.717, 1.165) is 0 Å². The average Bonchev–Trinajstić information content (AvgIpc) is 1.87. The maximum atomic E-state index is 10.6. The number of hydrogen-bond donors (Lipinski definition) is 2. The molecule has 0 radical (unpaired) electrons. The van der Waals surface area contributed by atoms with Gasteiger partial charge in [0.2, 0.25) is 0 Å². The van der Waals surface area contributed by atoms with Crippen LogP contribution < -0.4 is 5.73 Å². The molecular weight excluding hydrogens is 134 g/mol. The van der Waals surface area contributed by atoms with Gasteiger partial charge in [-0.1, -0.05) is 6.92 Å². The summed E-state index contributed by atoms with van der Waals surface area (Å²) in [6.07, 6.45) is 0.877. The number of carbonyl (C=O) groups is 1. The summed E-state index contributed by atoms with van der Waals surface area (Å²) in [5, 5.41) is 1.45. The molecule has 0 aromatic carbocycles. The predicted octanol–water partition coefficient (Wildman–Crippen LogP) is 1.09. The predicted molar refractivity (Wildman–Crippen MR) is 41.2 cm³/mol. The van der Waals surface area contributed by atoms with Crippen molar-refractivity contribution < 1.29 is 4.79 Å². The molecule has 0 aromatic heterocycles. The first-order chi connectivity index (χ1) is 4.20. The Balaban J connectivity index is 3.60. The standard InChI is InChI=1S/C6H11NOS/c1-2-6(8)3-5(7)4-9/h4,9H,2-3,7H2,1H3/b5-4-. The Morgan fingerprint density at radius 3 is 2.67 bits per heavy atom. The number of hydrogen-bond acceptors (Lipinski definition) is 3. The molecule has 0 fully saturated rings. The Bertz CT molecular complexity index is 131. The molecule has 0 heterocycles. The van der Waals surface area contributed by atoms with Crippen molar-refractivity contribution in [3.63, 3.8) is 0 Å². The van der Waals surface area contributed by atoms with Crippen LogP contribution in [0.1, 0.15) is 19.8 Å². The number of Topliss-reactive ketones (excluding diaryl/α,β-unsaturated/α-hetero) is 1. The Hall–Kier alpha value is -0.440. The summed E-state index contributed by atoms with van der Waals surface area (Å²) in [4.78, 5) is 10.6. The molecule has 0 aliphatic heterocycles. The lowest BCUT2D eigenvalue weighted by Gasteiger charge is -1.94. The van der Waals surface area contributed by atoms with Gasteiger partial charge in [-0.25, -0.2) is 0 Å². The maximum absolute atomic E-state index is 10.6. The van der Waals surface area contributed by atoms with Gasteiger partial charge in [0.05, 0.1) is 0 Å². The van der Waals surface area contributed by atoms with Crippen LogP contribution in [0.3, 0.4) is 0 Å². The fourth-order valence-electron chi connectivity index (χ4n) is 0.398. The van der Waals surface area contributed by atoms with Crippen molar-refractivity contribution in [2.24, 2.45) is 5.73 Å². The van der Waals surface area contributed by atoms with Gasteiger partial charge in [0.1, 0.15) is 5.78 Å². The highest BCUT2D eigenvalue weighted by atomic mass is 32.1. The summed E-state index contributed by atoms with van der Waals surface area (Å²) in [5.74, 6) is 0.151. The van der Waals surface area contributed by atoms with E-state index >= 15 is 0 Å². The van der Waals surface area contributed by atoms with Crippen molar-refractivity contribution in [2.75, 3.05) is 0 Å². The minimum Gasteiger partial charge on any atom is -0.401 e. The molecule has 0 aliphatic rings. The summed E-state index contributed by atoms with van der Waals surface area (Å²) >= 11 is 3.79. The number of nitrogens with two attached hydrogens (primary N) is 1. The van der Waals surface area contributed by atoms with E-state index in [1.165, 1.54) is 5.41 Å². The molecule has 0 atom stereocenters. The van der Waals surface area contributed by atoms with Crippen LogP contribution >= 0.6 is 12.6 Å². The van der Waals surface area contributed by atoms with Gasteiger partial charge in [-0.2, -0.15) is 0 Å². The molecule has 52 valence electrons. The molecule has 9 heavy (non-hydrogen) atoms. The van der Waals surface area contributed by atoms with Crippen molar-refractivity contribution >= 4 is 18.4 Å². The topological polar surface area (TPSA) is 43.1 Å². The maximum Gasteiger partial charge on any atom is 0.138 e. The number of allylic oxidation sites excluding steroid dienone is 1. The van der Waals surface area contributed by atoms with Gasteiger partial charge in [0.25, 0.3) is 0 Å². The quantitative estimate of drug-likeness (QED) is 0.584. The zero-order valence-corrected chi connectivity index (χ0v) is 6.32. The largest absolute Gasteiger partial charge is 0.401 e. The van der Waals surface area contributed by atoms with Crippen LogP contribution in [-0.4, -0.2) is 5.78 Å². The number of thiol groups is 1. The van der Waals surface area contributed by atoms with Gasteiger partial charge in [0, 0.05) is 18.5 Å². The lowest BCUT2D eigenvalue weighted by Crippen LogP contribution is -2.03. The normalized spacial score (nSPS) is 11.6. The highest BCUT2D eigenvalue weighted by Crippen LogP contribution is 1.97. The van der Waals surface area contributed by atoms with Gasteiger partial charge in [-0.15, -0.1) is 12.6 Å². The third-order valence-electron chi connectivity index (χ3n) is 0.961. The first-order valence-electron chi connectivity index (χ1n) is 2.81. The van der Waals surface area contributed by atoms with E-state index in [1.54, 1.807) is 0 Å². The van der Waals surface area contributed by atoms with E-state index in [2.05, 4.69) is 12.6 Å². The summed E-state index contributed by atoms with van der Waals surface area (Å²) in [6, 6.07) is 0. The fraction of sp³-hybridized carbons (Fsp3) is 0.500. The lowest BCUT2D eigenvalue weighted by molar-refractivity contribution is -0.118. The van der Waals surface area contributed by atoms with Crippen molar-refractivity contribution in [3.8, 4) is 0 Å². The second-order valence-corrected chi connectivity index (χ2v) is 2.03. The molecule has 2 N–H and O–H groups in total. The van der Waals surface area contributed by atoms with Crippen molar-refractivity contribution in [1.82, 2.24) is 0 Å². The highest BCUT2D eigenvalue weighted by molar-refractivity contribution is 7.83. The highest BCUT2D eigenvalue weighted by Gasteiger charge is 1.97. The van der Waals surface area contributed by atoms with E-state index in [9.17, 15) is 4.79 Å². The molecule has 0 spiro atoms. The third-order valence-corrected chi connectivity index (χ3v) is 1.29. The van der Waals surface area contributed by atoms with Crippen LogP contribution in [0, 0.1) is 0 Å². The second kappa shape index (κ2) is 4.44. The first kappa shape index (κ1) is 8.56. The molecule has 0 unspecified atom stereocenters. The van der Waals surface area contributed by atoms with Crippen LogP contribution in [0.5, 0.6) is 0 Å². The SMILES string of the molecule is CCC(=O)C/C(N)=C/S. The zero-order chi connectivity index (χ0) is 7.28. The molecule has 0 amide bonds. The molecule has 0 rings (SSSR count). The summed E-state index contributed by atoms with van der Waals surface area (Å²) in [5.41, 5.74) is 5.85. The molecule has 2 nitrogen and oxygen atoms in total. The molecule has 0 aromatic rings. The fourth-order valence-corrected chi connectivity index (χ4v) is 0.490. The van der Waals surface area contributed by atoms with Gasteiger partial charge < -0.3 is 5.73 Å². The summed E-state index contributed by atoms with van der Waals surface area (Å²) < 4.78 is 0. The Labute approximate surface area is 60.5 Å². The first-order valence-corrected chi connectivity index (χ1v) is 3.32. The van der Waals surface area contributed by atoms with Gasteiger partial charge >= 0.3 is 0 Å². The van der Waals surface area contributed by atoms with Crippen LogP contribution in [0.25, 0.3) is 0 Å².